The third kappa shape index (κ3) is 6.69. The van der Waals surface area contributed by atoms with Gasteiger partial charge in [0.1, 0.15) is 0 Å². The SMILES string of the molecule is COc1cc(CNC(=S)NC(=O)c2ccccc2Cl)ccc1OCCC(C)C. The first-order valence-electron chi connectivity index (χ1n) is 9.04. The number of methoxy groups -OCH3 is 1. The van der Waals surface area contributed by atoms with E-state index >= 15 is 0 Å². The Labute approximate surface area is 176 Å². The van der Waals surface area contributed by atoms with Crippen molar-refractivity contribution in [3.63, 3.8) is 0 Å². The van der Waals surface area contributed by atoms with Crippen LogP contribution in [0.15, 0.2) is 42.5 Å². The van der Waals surface area contributed by atoms with E-state index in [1.54, 1.807) is 31.4 Å². The largest absolute Gasteiger partial charge is 0.493 e. The highest BCUT2D eigenvalue weighted by Gasteiger charge is 2.11. The lowest BCUT2D eigenvalue weighted by molar-refractivity contribution is 0.0977. The molecule has 2 aromatic carbocycles. The Morgan fingerprint density at radius 1 is 1.18 bits per heavy atom. The van der Waals surface area contributed by atoms with Gasteiger partial charge < -0.3 is 14.8 Å². The van der Waals surface area contributed by atoms with Crippen LogP contribution >= 0.6 is 23.8 Å². The van der Waals surface area contributed by atoms with Gasteiger partial charge in [-0.15, -0.1) is 0 Å². The second-order valence-electron chi connectivity index (χ2n) is 6.63. The van der Waals surface area contributed by atoms with Crippen molar-refractivity contribution in [1.82, 2.24) is 10.6 Å². The van der Waals surface area contributed by atoms with Gasteiger partial charge in [0.2, 0.25) is 0 Å². The van der Waals surface area contributed by atoms with E-state index in [0.717, 1.165) is 12.0 Å². The molecule has 0 aliphatic heterocycles. The number of carbonyl (C=O) groups is 1. The highest BCUT2D eigenvalue weighted by molar-refractivity contribution is 7.80. The molecule has 28 heavy (non-hydrogen) atoms. The first-order chi connectivity index (χ1) is 13.4. The fourth-order valence-electron chi connectivity index (χ4n) is 2.39. The van der Waals surface area contributed by atoms with Crippen molar-refractivity contribution in [2.24, 2.45) is 5.92 Å². The molecule has 0 radical (unpaired) electrons. The third-order valence-electron chi connectivity index (χ3n) is 3.98. The Bertz CT molecular complexity index is 827. The van der Waals surface area contributed by atoms with Crippen LogP contribution in [0.4, 0.5) is 0 Å². The molecule has 0 fully saturated rings. The number of carbonyl (C=O) groups excluding carboxylic acids is 1. The molecule has 0 aliphatic rings. The summed E-state index contributed by atoms with van der Waals surface area (Å²) in [6.45, 7) is 5.39. The van der Waals surface area contributed by atoms with Crippen molar-refractivity contribution >= 4 is 34.8 Å². The Morgan fingerprint density at radius 3 is 2.61 bits per heavy atom. The highest BCUT2D eigenvalue weighted by Crippen LogP contribution is 2.28. The Morgan fingerprint density at radius 2 is 1.93 bits per heavy atom. The van der Waals surface area contributed by atoms with Crippen molar-refractivity contribution in [3.8, 4) is 11.5 Å². The minimum atomic E-state index is -0.352. The lowest BCUT2D eigenvalue weighted by Crippen LogP contribution is -2.38. The quantitative estimate of drug-likeness (QED) is 0.612. The summed E-state index contributed by atoms with van der Waals surface area (Å²) in [4.78, 5) is 12.2. The molecule has 5 nitrogen and oxygen atoms in total. The van der Waals surface area contributed by atoms with Crippen LogP contribution < -0.4 is 20.1 Å². The summed E-state index contributed by atoms with van der Waals surface area (Å²) in [6.07, 6.45) is 0.978. The number of nitrogens with one attached hydrogen (secondary N) is 2. The van der Waals surface area contributed by atoms with Gasteiger partial charge in [0.25, 0.3) is 5.91 Å². The average molecular weight is 421 g/mol. The van der Waals surface area contributed by atoms with Crippen molar-refractivity contribution < 1.29 is 14.3 Å². The zero-order valence-electron chi connectivity index (χ0n) is 16.3. The summed E-state index contributed by atoms with van der Waals surface area (Å²) in [7, 11) is 1.61. The summed E-state index contributed by atoms with van der Waals surface area (Å²) in [6, 6.07) is 12.5. The van der Waals surface area contributed by atoms with E-state index in [1.807, 2.05) is 18.2 Å². The van der Waals surface area contributed by atoms with Gasteiger partial charge in [-0.25, -0.2) is 0 Å². The Kier molecular flexibility index (Phi) is 8.54. The van der Waals surface area contributed by atoms with Crippen molar-refractivity contribution in [2.75, 3.05) is 13.7 Å². The summed E-state index contributed by atoms with van der Waals surface area (Å²) in [5.41, 5.74) is 1.32. The lowest BCUT2D eigenvalue weighted by Gasteiger charge is -2.14. The highest BCUT2D eigenvalue weighted by atomic mass is 35.5. The number of halogens is 1. The molecule has 0 bridgehead atoms. The molecule has 150 valence electrons. The Hall–Kier alpha value is -2.31. The molecule has 7 heteroatoms. The second kappa shape index (κ2) is 10.9. The van der Waals surface area contributed by atoms with Crippen molar-refractivity contribution in [1.29, 1.82) is 0 Å². The summed E-state index contributed by atoms with van der Waals surface area (Å²) in [5.74, 6) is 1.60. The predicted molar refractivity (Wildman–Crippen MR) is 116 cm³/mol. The van der Waals surface area contributed by atoms with Crippen LogP contribution in [0.1, 0.15) is 36.2 Å². The molecule has 2 aromatic rings. The molecular formula is C21H25ClN2O3S. The fourth-order valence-corrected chi connectivity index (χ4v) is 2.77. The molecule has 0 aliphatic carbocycles. The first-order valence-corrected chi connectivity index (χ1v) is 9.82. The maximum absolute atomic E-state index is 12.2. The summed E-state index contributed by atoms with van der Waals surface area (Å²) in [5, 5.41) is 6.23. The first kappa shape index (κ1) is 22.0. The maximum Gasteiger partial charge on any atom is 0.258 e. The maximum atomic E-state index is 12.2. The number of hydrogen-bond acceptors (Lipinski definition) is 4. The number of hydrogen-bond donors (Lipinski definition) is 2. The average Bonchev–Trinajstić information content (AvgIpc) is 2.67. The molecule has 0 aromatic heterocycles. The number of benzene rings is 2. The molecule has 0 spiro atoms. The van der Waals surface area contributed by atoms with E-state index in [1.165, 1.54) is 0 Å². The zero-order chi connectivity index (χ0) is 20.5. The molecular weight excluding hydrogens is 396 g/mol. The molecule has 0 atom stereocenters. The minimum Gasteiger partial charge on any atom is -0.493 e. The number of thiocarbonyl (C=S) groups is 1. The smallest absolute Gasteiger partial charge is 0.258 e. The van der Waals surface area contributed by atoms with Gasteiger partial charge in [0.15, 0.2) is 16.6 Å². The Balaban J connectivity index is 1.90. The zero-order valence-corrected chi connectivity index (χ0v) is 17.8. The van der Waals surface area contributed by atoms with Gasteiger partial charge in [-0.2, -0.15) is 0 Å². The van der Waals surface area contributed by atoms with Crippen LogP contribution in [0.3, 0.4) is 0 Å². The molecule has 2 rings (SSSR count). The van der Waals surface area contributed by atoms with Crippen LogP contribution in [0.2, 0.25) is 5.02 Å². The number of rotatable bonds is 8. The van der Waals surface area contributed by atoms with E-state index < -0.39 is 0 Å². The van der Waals surface area contributed by atoms with Crippen LogP contribution in [0.25, 0.3) is 0 Å². The minimum absolute atomic E-state index is 0.223. The van der Waals surface area contributed by atoms with Gasteiger partial charge >= 0.3 is 0 Å². The van der Waals surface area contributed by atoms with Crippen LogP contribution in [0, 0.1) is 5.92 Å². The second-order valence-corrected chi connectivity index (χ2v) is 7.45. The van der Waals surface area contributed by atoms with E-state index in [0.29, 0.717) is 41.2 Å². The molecule has 1 amide bonds. The standard InChI is InChI=1S/C21H25ClN2O3S/c1-14(2)10-11-27-18-9-8-15(12-19(18)26-3)13-23-21(28)24-20(25)16-6-4-5-7-17(16)22/h4-9,12,14H,10-11,13H2,1-3H3,(H2,23,24,25,28). The van der Waals surface area contributed by atoms with Gasteiger partial charge in [-0.3, -0.25) is 10.1 Å². The molecule has 0 saturated carbocycles. The van der Waals surface area contributed by atoms with Gasteiger partial charge in [-0.1, -0.05) is 43.6 Å². The molecule has 0 unspecified atom stereocenters. The fraction of sp³-hybridized carbons (Fsp3) is 0.333. The van der Waals surface area contributed by atoms with Crippen LogP contribution in [0.5, 0.6) is 11.5 Å². The topological polar surface area (TPSA) is 59.6 Å². The number of ether oxygens (including phenoxy) is 2. The van der Waals surface area contributed by atoms with Gasteiger partial charge in [0.05, 0.1) is 24.3 Å². The lowest BCUT2D eigenvalue weighted by atomic mass is 10.1. The molecule has 0 saturated heterocycles. The van der Waals surface area contributed by atoms with Crippen LogP contribution in [-0.2, 0) is 6.54 Å². The summed E-state index contributed by atoms with van der Waals surface area (Å²) < 4.78 is 11.2. The molecule has 0 heterocycles. The monoisotopic (exact) mass is 420 g/mol. The normalized spacial score (nSPS) is 10.5. The van der Waals surface area contributed by atoms with E-state index in [9.17, 15) is 4.79 Å². The summed E-state index contributed by atoms with van der Waals surface area (Å²) >= 11 is 11.2. The van der Waals surface area contributed by atoms with Gasteiger partial charge in [-0.05, 0) is 54.4 Å². The van der Waals surface area contributed by atoms with Crippen LogP contribution in [-0.4, -0.2) is 24.7 Å². The van der Waals surface area contributed by atoms with E-state index in [2.05, 4.69) is 24.5 Å². The van der Waals surface area contributed by atoms with Crippen molar-refractivity contribution in [3.05, 3.63) is 58.6 Å². The van der Waals surface area contributed by atoms with Crippen molar-refractivity contribution in [2.45, 2.75) is 26.8 Å². The third-order valence-corrected chi connectivity index (χ3v) is 4.56. The predicted octanol–water partition coefficient (Wildman–Crippen LogP) is 4.58. The number of amides is 1. The van der Waals surface area contributed by atoms with E-state index in [4.69, 9.17) is 33.3 Å². The molecule has 2 N–H and O–H groups in total. The van der Waals surface area contributed by atoms with Gasteiger partial charge in [0, 0.05) is 6.54 Å². The van der Waals surface area contributed by atoms with E-state index in [-0.39, 0.29) is 11.0 Å².